The number of aliphatic hydroxyl groups excluding tert-OH is 1. The molecule has 2 saturated heterocycles. The molecule has 4 aliphatic rings. The molecule has 48 heavy (non-hydrogen) atoms. The van der Waals surface area contributed by atoms with Crippen molar-refractivity contribution in [3.05, 3.63) is 36.0 Å². The van der Waals surface area contributed by atoms with E-state index in [2.05, 4.69) is 4.90 Å². The van der Waals surface area contributed by atoms with Gasteiger partial charge in [-0.25, -0.2) is 9.59 Å². The molecule has 3 fully saturated rings. The predicted molar refractivity (Wildman–Crippen MR) is 183 cm³/mol. The van der Waals surface area contributed by atoms with Gasteiger partial charge >= 0.3 is 18.2 Å². The number of ether oxygens (including phenoxy) is 3. The van der Waals surface area contributed by atoms with Crippen LogP contribution in [0.2, 0.25) is 0 Å². The zero-order chi connectivity index (χ0) is 34.5. The van der Waals surface area contributed by atoms with E-state index >= 15 is 0 Å². The first-order chi connectivity index (χ1) is 23.0. The second-order valence-electron chi connectivity index (χ2n) is 14.3. The van der Waals surface area contributed by atoms with Gasteiger partial charge in [0, 0.05) is 51.2 Å². The number of nitrogens with zero attached hydrogens (tertiary/aromatic N) is 3. The molecule has 3 aliphatic heterocycles. The third-order valence-electron chi connectivity index (χ3n) is 10.3. The molecule has 2 N–H and O–H groups in total. The molecule has 11 nitrogen and oxygen atoms in total. The van der Waals surface area contributed by atoms with Crippen molar-refractivity contribution >= 4 is 18.2 Å². The lowest BCUT2D eigenvalue weighted by Gasteiger charge is -2.40. The second-order valence-corrected chi connectivity index (χ2v) is 14.3. The lowest BCUT2D eigenvalue weighted by Crippen LogP contribution is -2.53. The molecule has 0 aromatic carbocycles. The molecular formula is C37H59N3O8. The van der Waals surface area contributed by atoms with Gasteiger partial charge in [-0.15, -0.1) is 0 Å². The largest absolute Gasteiger partial charge is 0.457 e. The fraction of sp³-hybridized carbons (Fsp3) is 0.757. The molecule has 0 aromatic heterocycles. The Labute approximate surface area is 286 Å². The Kier molecular flexibility index (Phi) is 14.8. The van der Waals surface area contributed by atoms with Crippen LogP contribution in [-0.2, 0) is 19.0 Å². The highest BCUT2D eigenvalue weighted by atomic mass is 16.6. The third kappa shape index (κ3) is 11.6. The summed E-state index contributed by atoms with van der Waals surface area (Å²) in [6, 6.07) is 0.591. The van der Waals surface area contributed by atoms with E-state index in [0.29, 0.717) is 25.6 Å². The van der Waals surface area contributed by atoms with Gasteiger partial charge in [-0.3, -0.25) is 9.69 Å². The number of hydrogen-bond acceptors (Lipinski definition) is 9. The summed E-state index contributed by atoms with van der Waals surface area (Å²) in [6.07, 6.45) is 16.0. The smallest absolute Gasteiger partial charge is 0.410 e. The number of piperazine rings is 1. The predicted octanol–water partition coefficient (Wildman–Crippen LogP) is 5.36. The van der Waals surface area contributed by atoms with Crippen molar-refractivity contribution in [3.8, 4) is 0 Å². The van der Waals surface area contributed by atoms with E-state index in [1.54, 1.807) is 22.8 Å². The van der Waals surface area contributed by atoms with Gasteiger partial charge in [0.15, 0.2) is 6.10 Å². The number of carbonyl (C=O) groups excluding carboxylic acids is 3. The zero-order valence-corrected chi connectivity index (χ0v) is 29.4. The highest BCUT2D eigenvalue weighted by molar-refractivity contribution is 5.70. The normalized spacial score (nSPS) is 31.4. The molecule has 0 spiro atoms. The van der Waals surface area contributed by atoms with Gasteiger partial charge < -0.3 is 34.2 Å². The van der Waals surface area contributed by atoms with Gasteiger partial charge in [0.1, 0.15) is 11.7 Å². The minimum Gasteiger partial charge on any atom is -0.457 e. The quantitative estimate of drug-likeness (QED) is 0.0917. The summed E-state index contributed by atoms with van der Waals surface area (Å²) in [5.74, 6) is -0.846. The van der Waals surface area contributed by atoms with Crippen molar-refractivity contribution in [2.75, 3.05) is 45.9 Å². The lowest BCUT2D eigenvalue weighted by molar-refractivity contribution is -0.151. The minimum absolute atomic E-state index is 0.133. The highest BCUT2D eigenvalue weighted by Gasteiger charge is 2.37. The van der Waals surface area contributed by atoms with E-state index in [1.807, 2.05) is 38.2 Å². The summed E-state index contributed by atoms with van der Waals surface area (Å²) >= 11 is 0. The van der Waals surface area contributed by atoms with Crippen molar-refractivity contribution in [3.63, 3.8) is 0 Å². The Morgan fingerprint density at radius 1 is 0.958 bits per heavy atom. The fourth-order valence-corrected chi connectivity index (χ4v) is 7.14. The Hall–Kier alpha value is -2.89. The summed E-state index contributed by atoms with van der Waals surface area (Å²) in [6.45, 7) is 9.95. The van der Waals surface area contributed by atoms with Crippen molar-refractivity contribution in [1.29, 1.82) is 0 Å². The Balaban J connectivity index is 1.37. The Morgan fingerprint density at radius 3 is 2.31 bits per heavy atom. The number of hydrogen-bond donors (Lipinski definition) is 2. The van der Waals surface area contributed by atoms with Crippen LogP contribution < -0.4 is 0 Å². The van der Waals surface area contributed by atoms with Crippen LogP contribution in [0.4, 0.5) is 9.59 Å². The molecule has 1 saturated carbocycles. The number of amides is 2. The molecule has 270 valence electrons. The van der Waals surface area contributed by atoms with Crippen LogP contribution in [0.3, 0.4) is 0 Å². The molecule has 5 atom stereocenters. The second kappa shape index (κ2) is 18.8. The number of esters is 1. The van der Waals surface area contributed by atoms with Crippen LogP contribution in [-0.4, -0.2) is 119 Å². The Morgan fingerprint density at radius 2 is 1.62 bits per heavy atom. The van der Waals surface area contributed by atoms with Gasteiger partial charge in [0.25, 0.3) is 0 Å². The lowest BCUT2D eigenvalue weighted by atomic mass is 9.89. The first-order valence-corrected chi connectivity index (χ1v) is 18.3. The highest BCUT2D eigenvalue weighted by Crippen LogP contribution is 2.28. The molecular weight excluding hydrogens is 614 g/mol. The van der Waals surface area contributed by atoms with Crippen LogP contribution in [0, 0.1) is 5.92 Å². The first kappa shape index (κ1) is 37.9. The van der Waals surface area contributed by atoms with Crippen LogP contribution >= 0.6 is 0 Å². The van der Waals surface area contributed by atoms with Gasteiger partial charge in [0.05, 0.1) is 19.1 Å². The molecule has 3 heterocycles. The summed E-state index contributed by atoms with van der Waals surface area (Å²) < 4.78 is 17.2. The summed E-state index contributed by atoms with van der Waals surface area (Å²) in [5.41, 5.74) is -0.677. The number of carbonyl (C=O) groups is 3. The number of rotatable bonds is 7. The number of likely N-dealkylation sites (tertiary alicyclic amines) is 1. The maximum Gasteiger partial charge on any atom is 0.410 e. The van der Waals surface area contributed by atoms with E-state index in [4.69, 9.17) is 14.2 Å². The third-order valence-corrected chi connectivity index (χ3v) is 10.3. The fourth-order valence-electron chi connectivity index (χ4n) is 7.14. The minimum atomic E-state index is -1.46. The zero-order valence-electron chi connectivity index (χ0n) is 29.4. The van der Waals surface area contributed by atoms with Crippen molar-refractivity contribution in [2.24, 2.45) is 5.92 Å². The van der Waals surface area contributed by atoms with E-state index in [9.17, 15) is 24.6 Å². The molecule has 2 amide bonds. The van der Waals surface area contributed by atoms with Crippen molar-refractivity contribution < 1.29 is 38.8 Å². The SMILES string of the molecule is C/C(=C\C=C\CCOC(=O)N1CCCC1)[C@H]1OC(=O)C[C@H](O)CC[C@@](C)(O)[C@@H](OC(=O)N2CCN(C3CCCCCC3)CC2)/C=C/[C@@H]1C. The maximum absolute atomic E-state index is 13.4. The molecule has 0 bridgehead atoms. The molecule has 0 aromatic rings. The van der Waals surface area contributed by atoms with E-state index in [1.165, 1.54) is 38.5 Å². The van der Waals surface area contributed by atoms with Crippen LogP contribution in [0.5, 0.6) is 0 Å². The molecule has 11 heteroatoms. The topological polar surface area (TPSA) is 129 Å². The number of aliphatic hydroxyl groups is 2. The monoisotopic (exact) mass is 673 g/mol. The summed E-state index contributed by atoms with van der Waals surface area (Å²) in [5, 5.41) is 22.1. The van der Waals surface area contributed by atoms with Gasteiger partial charge in [-0.1, -0.05) is 56.9 Å². The summed E-state index contributed by atoms with van der Waals surface area (Å²) in [7, 11) is 0. The van der Waals surface area contributed by atoms with Crippen LogP contribution in [0.1, 0.15) is 97.8 Å². The number of allylic oxidation sites excluding steroid dienone is 2. The van der Waals surface area contributed by atoms with Gasteiger partial charge in [0.2, 0.25) is 0 Å². The van der Waals surface area contributed by atoms with Gasteiger partial charge in [-0.05, 0) is 70.4 Å². The first-order valence-electron chi connectivity index (χ1n) is 18.3. The summed E-state index contributed by atoms with van der Waals surface area (Å²) in [4.78, 5) is 44.2. The van der Waals surface area contributed by atoms with E-state index in [0.717, 1.165) is 44.6 Å². The molecule has 0 radical (unpaired) electrons. The molecule has 4 rings (SSSR count). The number of cyclic esters (lactones) is 1. The van der Waals surface area contributed by atoms with E-state index < -0.39 is 36.0 Å². The standard InChI is InChI=1S/C37H59N3O8/c1-28(13-7-6-12-26-46-35(43)39-20-10-11-21-39)34-29(2)16-17-32(37(3,45)19-18-31(41)27-33(42)48-34)47-36(44)40-24-22-38(23-25-40)30-14-8-4-5-9-15-30/h6-7,13,16-17,29-32,34,41,45H,4-5,8-12,14-15,18-27H2,1-3H3/b7-6+,17-16+,28-13+/t29-,31+,32-,34+,37+/m0/s1. The van der Waals surface area contributed by atoms with Crippen molar-refractivity contribution in [1.82, 2.24) is 14.7 Å². The Bertz CT molecular complexity index is 1130. The molecule has 1 aliphatic carbocycles. The van der Waals surface area contributed by atoms with Gasteiger partial charge in [-0.2, -0.15) is 0 Å². The van der Waals surface area contributed by atoms with E-state index in [-0.39, 0.29) is 37.9 Å². The van der Waals surface area contributed by atoms with Crippen LogP contribution in [0.25, 0.3) is 0 Å². The average Bonchev–Trinajstić information content (AvgIpc) is 3.48. The maximum atomic E-state index is 13.4. The van der Waals surface area contributed by atoms with Crippen LogP contribution in [0.15, 0.2) is 36.0 Å². The van der Waals surface area contributed by atoms with Crippen molar-refractivity contribution in [2.45, 2.75) is 128 Å². The average molecular weight is 674 g/mol. The molecule has 0 unspecified atom stereocenters.